The molecule has 1 heterocycles. The third-order valence-corrected chi connectivity index (χ3v) is 5.07. The van der Waals surface area contributed by atoms with E-state index in [2.05, 4.69) is 5.32 Å². The summed E-state index contributed by atoms with van der Waals surface area (Å²) in [6.45, 7) is 4.44. The maximum atomic E-state index is 12.2. The van der Waals surface area contributed by atoms with Crippen LogP contribution in [0.2, 0.25) is 5.02 Å². The van der Waals surface area contributed by atoms with Crippen LogP contribution in [0.4, 0.5) is 0 Å². The quantitative estimate of drug-likeness (QED) is 0.363. The van der Waals surface area contributed by atoms with Gasteiger partial charge in [-0.1, -0.05) is 36.2 Å². The number of amides is 1. The number of nitrogens with zero attached hydrogens (tertiary/aromatic N) is 2. The van der Waals surface area contributed by atoms with Crippen molar-refractivity contribution in [2.24, 2.45) is 0 Å². The van der Waals surface area contributed by atoms with E-state index >= 15 is 0 Å². The normalized spacial score (nSPS) is 11.1. The number of aromatic nitrogens is 2. The molecule has 1 aromatic heterocycles. The van der Waals surface area contributed by atoms with Crippen LogP contribution in [-0.4, -0.2) is 34.1 Å². The first-order chi connectivity index (χ1) is 14.9. The molecule has 0 spiro atoms. The van der Waals surface area contributed by atoms with Crippen molar-refractivity contribution in [2.75, 3.05) is 6.54 Å². The van der Waals surface area contributed by atoms with Gasteiger partial charge < -0.3 is 14.6 Å². The Morgan fingerprint density at radius 2 is 1.90 bits per heavy atom. The number of imidazole rings is 1. The summed E-state index contributed by atoms with van der Waals surface area (Å²) in [5.74, 6) is 0.501. The molecule has 7 heteroatoms. The van der Waals surface area contributed by atoms with Gasteiger partial charge in [0.2, 0.25) is 0 Å². The van der Waals surface area contributed by atoms with Gasteiger partial charge in [0.1, 0.15) is 12.4 Å². The lowest BCUT2D eigenvalue weighted by atomic mass is 10.1. The number of hydrogen-bond donors (Lipinski definition) is 1. The summed E-state index contributed by atoms with van der Waals surface area (Å²) in [7, 11) is 0. The van der Waals surface area contributed by atoms with Crippen LogP contribution in [0.5, 0.6) is 0 Å². The molecule has 31 heavy (non-hydrogen) atoms. The van der Waals surface area contributed by atoms with E-state index in [1.807, 2.05) is 42.7 Å². The van der Waals surface area contributed by atoms with Gasteiger partial charge in [-0.2, -0.15) is 0 Å². The van der Waals surface area contributed by atoms with Gasteiger partial charge in [0, 0.05) is 23.6 Å². The van der Waals surface area contributed by atoms with Gasteiger partial charge in [0.25, 0.3) is 5.91 Å². The molecule has 0 saturated heterocycles. The molecule has 0 radical (unpaired) electrons. The highest BCUT2D eigenvalue weighted by Crippen LogP contribution is 2.18. The summed E-state index contributed by atoms with van der Waals surface area (Å²) >= 11 is 5.93. The molecule has 0 fully saturated rings. The van der Waals surface area contributed by atoms with E-state index in [0.29, 0.717) is 17.1 Å². The maximum Gasteiger partial charge on any atom is 0.326 e. The van der Waals surface area contributed by atoms with E-state index in [4.69, 9.17) is 21.3 Å². The van der Waals surface area contributed by atoms with Gasteiger partial charge in [-0.3, -0.25) is 9.59 Å². The summed E-state index contributed by atoms with van der Waals surface area (Å²) in [6, 6.07) is 14.7. The molecular weight excluding hydrogens is 414 g/mol. The van der Waals surface area contributed by atoms with Gasteiger partial charge >= 0.3 is 5.97 Å². The zero-order valence-electron chi connectivity index (χ0n) is 17.9. The SMILES string of the molecule is CC(C)OC(=O)Cn1c(CCCCCNC(=O)c2cccc(Cl)c2)nc2ccccc21. The summed E-state index contributed by atoms with van der Waals surface area (Å²) in [4.78, 5) is 29.1. The van der Waals surface area contributed by atoms with Gasteiger partial charge in [0.05, 0.1) is 17.1 Å². The van der Waals surface area contributed by atoms with Crippen LogP contribution in [0.1, 0.15) is 49.3 Å². The fourth-order valence-corrected chi connectivity index (χ4v) is 3.63. The molecule has 0 aliphatic carbocycles. The van der Waals surface area contributed by atoms with Crippen molar-refractivity contribution in [1.82, 2.24) is 14.9 Å². The topological polar surface area (TPSA) is 73.2 Å². The first-order valence-electron chi connectivity index (χ1n) is 10.6. The minimum Gasteiger partial charge on any atom is -0.462 e. The maximum absolute atomic E-state index is 12.2. The van der Waals surface area contributed by atoms with Crippen LogP contribution < -0.4 is 5.32 Å². The monoisotopic (exact) mass is 441 g/mol. The number of fused-ring (bicyclic) bond motifs is 1. The number of nitrogens with one attached hydrogen (secondary N) is 1. The second-order valence-electron chi connectivity index (χ2n) is 7.72. The zero-order chi connectivity index (χ0) is 22.2. The molecule has 0 unspecified atom stereocenters. The molecule has 1 amide bonds. The second kappa shape index (κ2) is 11.0. The van der Waals surface area contributed by atoms with E-state index < -0.39 is 0 Å². The number of ether oxygens (including phenoxy) is 1. The molecule has 3 aromatic rings. The Bertz CT molecular complexity index is 1050. The summed E-state index contributed by atoms with van der Waals surface area (Å²) < 4.78 is 7.26. The van der Waals surface area contributed by atoms with Crippen molar-refractivity contribution in [3.8, 4) is 0 Å². The number of esters is 1. The Hall–Kier alpha value is -2.86. The van der Waals surface area contributed by atoms with Crippen LogP contribution >= 0.6 is 11.6 Å². The number of unbranched alkanes of at least 4 members (excludes halogenated alkanes) is 2. The largest absolute Gasteiger partial charge is 0.462 e. The number of carbonyl (C=O) groups excluding carboxylic acids is 2. The van der Waals surface area contributed by atoms with Crippen LogP contribution in [-0.2, 0) is 22.5 Å². The average Bonchev–Trinajstić information content (AvgIpc) is 3.07. The Labute approximate surface area is 187 Å². The van der Waals surface area contributed by atoms with Crippen LogP contribution in [0.15, 0.2) is 48.5 Å². The lowest BCUT2D eigenvalue weighted by Crippen LogP contribution is -2.24. The lowest BCUT2D eigenvalue weighted by Gasteiger charge is -2.11. The molecule has 3 rings (SSSR count). The highest BCUT2D eigenvalue weighted by atomic mass is 35.5. The molecule has 6 nitrogen and oxygen atoms in total. The van der Waals surface area contributed by atoms with Crippen molar-refractivity contribution in [3.63, 3.8) is 0 Å². The number of rotatable bonds is 10. The van der Waals surface area contributed by atoms with Gasteiger partial charge in [-0.15, -0.1) is 0 Å². The van der Waals surface area contributed by atoms with Crippen molar-refractivity contribution in [1.29, 1.82) is 0 Å². The average molecular weight is 442 g/mol. The number of aryl methyl sites for hydroxylation is 1. The molecule has 0 bridgehead atoms. The van der Waals surface area contributed by atoms with Crippen molar-refractivity contribution >= 4 is 34.5 Å². The van der Waals surface area contributed by atoms with Gasteiger partial charge in [-0.05, 0) is 57.0 Å². The van der Waals surface area contributed by atoms with E-state index in [-0.39, 0.29) is 24.5 Å². The Morgan fingerprint density at radius 1 is 1.10 bits per heavy atom. The molecule has 164 valence electrons. The Kier molecular flexibility index (Phi) is 8.06. The van der Waals surface area contributed by atoms with E-state index in [1.165, 1.54) is 0 Å². The molecule has 0 atom stereocenters. The van der Waals surface area contributed by atoms with E-state index in [0.717, 1.165) is 42.5 Å². The first-order valence-corrected chi connectivity index (χ1v) is 11.0. The fraction of sp³-hybridized carbons (Fsp3) is 0.375. The van der Waals surface area contributed by atoms with E-state index in [1.54, 1.807) is 24.3 Å². The highest BCUT2D eigenvalue weighted by Gasteiger charge is 2.15. The molecule has 0 aliphatic rings. The third-order valence-electron chi connectivity index (χ3n) is 4.84. The highest BCUT2D eigenvalue weighted by molar-refractivity contribution is 6.30. The second-order valence-corrected chi connectivity index (χ2v) is 8.15. The zero-order valence-corrected chi connectivity index (χ0v) is 18.7. The van der Waals surface area contributed by atoms with Crippen LogP contribution in [0, 0.1) is 0 Å². The number of carbonyl (C=O) groups is 2. The molecule has 0 saturated carbocycles. The number of para-hydroxylation sites is 2. The van der Waals surface area contributed by atoms with Crippen LogP contribution in [0.3, 0.4) is 0 Å². The van der Waals surface area contributed by atoms with Crippen molar-refractivity contribution in [3.05, 3.63) is 64.9 Å². The fourth-order valence-electron chi connectivity index (χ4n) is 3.44. The summed E-state index contributed by atoms with van der Waals surface area (Å²) in [5.41, 5.74) is 2.38. The third kappa shape index (κ3) is 6.56. The van der Waals surface area contributed by atoms with Gasteiger partial charge in [-0.25, -0.2) is 4.98 Å². The predicted octanol–water partition coefficient (Wildman–Crippen LogP) is 4.78. The minimum atomic E-state index is -0.261. The lowest BCUT2D eigenvalue weighted by molar-refractivity contribution is -0.148. The predicted molar refractivity (Wildman–Crippen MR) is 122 cm³/mol. The molecule has 2 aromatic carbocycles. The minimum absolute atomic E-state index is 0.118. The number of benzene rings is 2. The van der Waals surface area contributed by atoms with Crippen LogP contribution in [0.25, 0.3) is 11.0 Å². The number of halogens is 1. The van der Waals surface area contributed by atoms with Crippen molar-refractivity contribution < 1.29 is 14.3 Å². The summed E-state index contributed by atoms with van der Waals surface area (Å²) in [6.07, 6.45) is 3.33. The number of hydrogen-bond acceptors (Lipinski definition) is 4. The molecule has 0 aliphatic heterocycles. The molecule has 1 N–H and O–H groups in total. The Balaban J connectivity index is 1.51. The smallest absolute Gasteiger partial charge is 0.326 e. The standard InChI is InChI=1S/C24H28ClN3O3/c1-17(2)31-23(29)16-28-21-12-6-5-11-20(21)27-22(28)13-4-3-7-14-26-24(30)18-9-8-10-19(25)15-18/h5-6,8-12,15,17H,3-4,7,13-14,16H2,1-2H3,(H,26,30). The molecular formula is C24H28ClN3O3. The summed E-state index contributed by atoms with van der Waals surface area (Å²) in [5, 5.41) is 3.47. The van der Waals surface area contributed by atoms with Gasteiger partial charge in [0.15, 0.2) is 0 Å². The van der Waals surface area contributed by atoms with E-state index in [9.17, 15) is 9.59 Å². The first kappa shape index (κ1) is 22.8. The Morgan fingerprint density at radius 3 is 2.68 bits per heavy atom. The van der Waals surface area contributed by atoms with Crippen molar-refractivity contribution in [2.45, 2.75) is 52.2 Å².